The van der Waals surface area contributed by atoms with Crippen molar-refractivity contribution in [3.63, 3.8) is 0 Å². The van der Waals surface area contributed by atoms with Gasteiger partial charge in [-0.2, -0.15) is 0 Å². The third-order valence-corrected chi connectivity index (χ3v) is 0.500. The largest absolute Gasteiger partial charge is 0.373 e. The van der Waals surface area contributed by atoms with Gasteiger partial charge < -0.3 is 11.1 Å². The van der Waals surface area contributed by atoms with Crippen LogP contribution in [0.1, 0.15) is 26.7 Å². The van der Waals surface area contributed by atoms with Crippen molar-refractivity contribution in [3.8, 4) is 0 Å². The van der Waals surface area contributed by atoms with Crippen molar-refractivity contribution in [2.24, 2.45) is 0 Å². The Labute approximate surface area is 43.8 Å². The van der Waals surface area contributed by atoms with Crippen molar-refractivity contribution >= 4 is 0 Å². The molecule has 0 spiro atoms. The van der Waals surface area contributed by atoms with E-state index in [-0.39, 0.29) is 0 Å². The van der Waals surface area contributed by atoms with Gasteiger partial charge in [0.15, 0.2) is 0 Å². The van der Waals surface area contributed by atoms with Gasteiger partial charge in [0, 0.05) is 0 Å². The minimum Gasteiger partial charge on any atom is -0.373 e. The normalized spacial score (nSPS) is 5.43. The maximum absolute atomic E-state index is 6.75. The Morgan fingerprint density at radius 1 is 1.14 bits per heavy atom. The van der Waals surface area contributed by atoms with Gasteiger partial charge in [-0.05, 0) is 0 Å². The smallest absolute Gasteiger partial charge is 0.0564 e. The molecule has 7 heavy (non-hydrogen) atoms. The molecule has 0 aromatic carbocycles. The third-order valence-electron chi connectivity index (χ3n) is 0.500. The molecule has 0 aliphatic carbocycles. The molecule has 3 heteroatoms. The molecule has 0 atom stereocenters. The zero-order chi connectivity index (χ0) is 6.12. The van der Waals surface area contributed by atoms with Crippen LogP contribution in [-0.2, 0) is 0 Å². The maximum Gasteiger partial charge on any atom is -0.0564 e. The van der Waals surface area contributed by atoms with Crippen LogP contribution in [0, 0.1) is 0 Å². The van der Waals surface area contributed by atoms with Gasteiger partial charge in [-0.1, -0.05) is 26.7 Å². The van der Waals surface area contributed by atoms with E-state index in [1.165, 1.54) is 17.8 Å². The Balaban J connectivity index is 0. The molecule has 0 N–H and O–H groups in total. The molecule has 0 aromatic heterocycles. The van der Waals surface area contributed by atoms with Gasteiger partial charge in [0.05, 0.1) is 0 Å². The van der Waals surface area contributed by atoms with Crippen LogP contribution < -0.4 is 0 Å². The van der Waals surface area contributed by atoms with Crippen LogP contribution in [0.3, 0.4) is 0 Å². The molecule has 0 unspecified atom stereocenters. The Bertz CT molecular complexity index is 42.9. The molecule has 0 fully saturated rings. The summed E-state index contributed by atoms with van der Waals surface area (Å²) in [5.41, 5.74) is 13.5. The summed E-state index contributed by atoms with van der Waals surface area (Å²) >= 11 is 0. The number of nitrogens with zero attached hydrogens (tertiary/aromatic N) is 3. The van der Waals surface area contributed by atoms with Crippen molar-refractivity contribution < 1.29 is 0 Å². The monoisotopic (exact) mass is 100 g/mol. The molecule has 0 aromatic rings. The number of hydrogen-bond donors (Lipinski definition) is 0. The Hall–Kier alpha value is -0.690. The van der Waals surface area contributed by atoms with Gasteiger partial charge in [-0.15, -0.1) is 0 Å². The SMILES string of the molecule is CCCC.[N-]=[N+]=[N-]. The second kappa shape index (κ2) is 18.5. The minimum absolute atomic E-state index is 1.32. The standard InChI is InChI=1S/C4H10.N3/c1-3-4-2;1-3-2/h3-4H2,1-2H3;/q;-1. The predicted octanol–water partition coefficient (Wildman–Crippen LogP) is 2.67. The molecule has 0 radical (unpaired) electrons. The zero-order valence-electron chi connectivity index (χ0n) is 4.76. The van der Waals surface area contributed by atoms with Crippen LogP contribution in [0.5, 0.6) is 0 Å². The van der Waals surface area contributed by atoms with Crippen LogP contribution in [-0.4, -0.2) is 0 Å². The van der Waals surface area contributed by atoms with Crippen LogP contribution in [0.2, 0.25) is 0 Å². The molecule has 0 bridgehead atoms. The summed E-state index contributed by atoms with van der Waals surface area (Å²) in [5, 5.41) is 0. The summed E-state index contributed by atoms with van der Waals surface area (Å²) in [6, 6.07) is 0. The molecule has 0 aliphatic rings. The van der Waals surface area contributed by atoms with Gasteiger partial charge in [0.25, 0.3) is 0 Å². The van der Waals surface area contributed by atoms with Crippen molar-refractivity contribution in [1.29, 1.82) is 0 Å². The van der Waals surface area contributed by atoms with E-state index in [0.717, 1.165) is 0 Å². The highest BCUT2D eigenvalue weighted by Crippen LogP contribution is 1.76. The van der Waals surface area contributed by atoms with E-state index in [1.54, 1.807) is 0 Å². The van der Waals surface area contributed by atoms with E-state index in [9.17, 15) is 0 Å². The lowest BCUT2D eigenvalue weighted by Gasteiger charge is -1.68. The quantitative estimate of drug-likeness (QED) is 0.276. The van der Waals surface area contributed by atoms with Gasteiger partial charge in [0.1, 0.15) is 0 Å². The lowest BCUT2D eigenvalue weighted by Crippen LogP contribution is -1.47. The third kappa shape index (κ3) is 605. The zero-order valence-corrected chi connectivity index (χ0v) is 4.76. The Kier molecular flexibility index (Phi) is 25.3. The average molecular weight is 100 g/mol. The van der Waals surface area contributed by atoms with Crippen LogP contribution in [0.4, 0.5) is 0 Å². The Morgan fingerprint density at radius 2 is 1.29 bits per heavy atom. The summed E-state index contributed by atoms with van der Waals surface area (Å²) in [5.74, 6) is 0. The van der Waals surface area contributed by atoms with Gasteiger partial charge in [0.2, 0.25) is 0 Å². The summed E-state index contributed by atoms with van der Waals surface area (Å²) in [7, 11) is 0. The highest BCUT2D eigenvalue weighted by molar-refractivity contribution is 4.36. The second-order valence-corrected chi connectivity index (χ2v) is 1.09. The number of rotatable bonds is 1. The molecular formula is C4H10N3-. The lowest BCUT2D eigenvalue weighted by atomic mass is 10.4. The average Bonchev–Trinajstić information content (AvgIpc) is 1.69. The van der Waals surface area contributed by atoms with Crippen molar-refractivity contribution in [3.05, 3.63) is 16.0 Å². The van der Waals surface area contributed by atoms with Crippen molar-refractivity contribution in [2.45, 2.75) is 26.7 Å². The lowest BCUT2D eigenvalue weighted by molar-refractivity contribution is 0.886. The first-order chi connectivity index (χ1) is 3.33. The van der Waals surface area contributed by atoms with Crippen LogP contribution in [0.25, 0.3) is 16.0 Å². The van der Waals surface area contributed by atoms with E-state index in [4.69, 9.17) is 11.1 Å². The van der Waals surface area contributed by atoms with Gasteiger partial charge in [-0.3, -0.25) is 4.91 Å². The molecule has 0 amide bonds. The second-order valence-electron chi connectivity index (χ2n) is 1.09. The fourth-order valence-electron chi connectivity index (χ4n) is 0. The fraction of sp³-hybridized carbons (Fsp3) is 1.00. The summed E-state index contributed by atoms with van der Waals surface area (Å²) < 4.78 is 0. The number of unbranched alkanes of at least 4 members (excludes halogenated alkanes) is 1. The highest BCUT2D eigenvalue weighted by atomic mass is 15.0. The van der Waals surface area contributed by atoms with E-state index in [2.05, 4.69) is 13.8 Å². The molecule has 0 heterocycles. The molecule has 42 valence electrons. The first kappa shape index (κ1) is 9.58. The fourth-order valence-corrected chi connectivity index (χ4v) is 0. The molecule has 0 rings (SSSR count). The maximum atomic E-state index is 6.75. The van der Waals surface area contributed by atoms with Crippen molar-refractivity contribution in [1.82, 2.24) is 0 Å². The Morgan fingerprint density at radius 3 is 1.29 bits per heavy atom. The molecule has 0 aliphatic heterocycles. The molecule has 3 nitrogen and oxygen atoms in total. The van der Waals surface area contributed by atoms with Crippen LogP contribution in [0.15, 0.2) is 0 Å². The molecular weight excluding hydrogens is 90.1 g/mol. The van der Waals surface area contributed by atoms with E-state index in [1.807, 2.05) is 0 Å². The van der Waals surface area contributed by atoms with E-state index < -0.39 is 0 Å². The van der Waals surface area contributed by atoms with Crippen molar-refractivity contribution in [2.75, 3.05) is 0 Å². The summed E-state index contributed by atoms with van der Waals surface area (Å²) in [6.45, 7) is 4.36. The van der Waals surface area contributed by atoms with E-state index >= 15 is 0 Å². The highest BCUT2D eigenvalue weighted by Gasteiger charge is 1.56. The van der Waals surface area contributed by atoms with E-state index in [0.29, 0.717) is 0 Å². The van der Waals surface area contributed by atoms with Gasteiger partial charge in [-0.25, -0.2) is 0 Å². The predicted molar refractivity (Wildman–Crippen MR) is 30.7 cm³/mol. The molecule has 0 saturated heterocycles. The first-order valence-electron chi connectivity index (χ1n) is 2.31. The topological polar surface area (TPSA) is 58.7 Å². The summed E-state index contributed by atoms with van der Waals surface area (Å²) in [4.78, 5) is 1.50. The van der Waals surface area contributed by atoms with Crippen LogP contribution >= 0.6 is 0 Å². The van der Waals surface area contributed by atoms with Gasteiger partial charge >= 0.3 is 0 Å². The first-order valence-corrected chi connectivity index (χ1v) is 2.31. The number of hydrogen-bond acceptors (Lipinski definition) is 0. The minimum atomic E-state index is 1.32. The molecule has 0 saturated carbocycles. The summed E-state index contributed by atoms with van der Waals surface area (Å²) in [6.07, 6.45) is 2.64.